The van der Waals surface area contributed by atoms with E-state index >= 15 is 0 Å². The third-order valence-electron chi connectivity index (χ3n) is 3.70. The van der Waals surface area contributed by atoms with Crippen molar-refractivity contribution in [3.63, 3.8) is 0 Å². The maximum atomic E-state index is 12.7. The number of alkyl halides is 3. The van der Waals surface area contributed by atoms with Crippen LogP contribution in [0.15, 0.2) is 60.7 Å². The van der Waals surface area contributed by atoms with Gasteiger partial charge in [0.25, 0.3) is 0 Å². The minimum Gasteiger partial charge on any atom is -0.392 e. The fourth-order valence-corrected chi connectivity index (χ4v) is 2.99. The highest BCUT2D eigenvalue weighted by molar-refractivity contribution is 7.81. The zero-order valence-electron chi connectivity index (χ0n) is 13.0. The molecule has 26 heavy (non-hydrogen) atoms. The Bertz CT molecular complexity index is 1110. The number of rotatable bonds is 3. The zero-order valence-corrected chi connectivity index (χ0v) is 13.8. The third-order valence-corrected chi connectivity index (χ3v) is 4.41. The molecule has 4 rings (SSSR count). The van der Waals surface area contributed by atoms with E-state index in [0.717, 1.165) is 5.39 Å². The maximum Gasteiger partial charge on any atom is 0.508 e. The van der Waals surface area contributed by atoms with E-state index in [1.54, 1.807) is 54.6 Å². The average Bonchev–Trinajstić information content (AvgIpc) is 3.04. The number of hydrogen-bond acceptors (Lipinski definition) is 4. The quantitative estimate of drug-likeness (QED) is 0.539. The molecule has 0 amide bonds. The lowest BCUT2D eigenvalue weighted by Gasteiger charge is -2.13. The monoisotopic (exact) mass is 377 g/mol. The Morgan fingerprint density at radius 3 is 2.15 bits per heavy atom. The van der Waals surface area contributed by atoms with Gasteiger partial charge in [0, 0.05) is 5.39 Å². The van der Waals surface area contributed by atoms with Gasteiger partial charge in [-0.25, -0.2) is 4.21 Å². The smallest absolute Gasteiger partial charge is 0.392 e. The van der Waals surface area contributed by atoms with Gasteiger partial charge in [0.1, 0.15) is 16.7 Å². The Morgan fingerprint density at radius 2 is 1.50 bits per heavy atom. The maximum absolute atomic E-state index is 12.7. The molecule has 0 aliphatic heterocycles. The lowest BCUT2D eigenvalue weighted by Crippen LogP contribution is -2.21. The molecular weight excluding hydrogens is 367 g/mol. The van der Waals surface area contributed by atoms with Crippen LogP contribution in [0.2, 0.25) is 0 Å². The molecule has 4 aromatic rings. The minimum absolute atomic E-state index is 0.192. The number of hydrogen-bond donors (Lipinski definition) is 0. The minimum atomic E-state index is -4.99. The average molecular weight is 377 g/mol. The third kappa shape index (κ3) is 2.90. The molecule has 0 aliphatic carbocycles. The van der Waals surface area contributed by atoms with E-state index in [-0.39, 0.29) is 11.4 Å². The van der Waals surface area contributed by atoms with Gasteiger partial charge in [-0.05, 0) is 23.6 Å². The molecule has 0 saturated heterocycles. The van der Waals surface area contributed by atoms with Crippen LogP contribution in [0.3, 0.4) is 0 Å². The van der Waals surface area contributed by atoms with E-state index in [1.165, 1.54) is 10.9 Å². The Morgan fingerprint density at radius 1 is 0.885 bits per heavy atom. The van der Waals surface area contributed by atoms with Crippen LogP contribution in [-0.2, 0) is 11.1 Å². The van der Waals surface area contributed by atoms with Crippen LogP contribution in [0.5, 0.6) is 5.75 Å². The number of nitrogens with zero attached hydrogens (tertiary/aromatic N) is 3. The molecule has 0 saturated carbocycles. The summed E-state index contributed by atoms with van der Waals surface area (Å²) < 4.78 is 54.2. The molecule has 0 spiro atoms. The van der Waals surface area contributed by atoms with Crippen LogP contribution in [-0.4, -0.2) is 24.7 Å². The van der Waals surface area contributed by atoms with Crippen LogP contribution >= 0.6 is 0 Å². The number of benzene rings is 3. The van der Waals surface area contributed by atoms with E-state index in [0.29, 0.717) is 16.4 Å². The van der Waals surface area contributed by atoms with E-state index in [4.69, 9.17) is 4.18 Å². The van der Waals surface area contributed by atoms with Gasteiger partial charge in [0.2, 0.25) is 0 Å². The van der Waals surface area contributed by atoms with Crippen molar-refractivity contribution in [2.75, 3.05) is 0 Å². The largest absolute Gasteiger partial charge is 0.508 e. The molecule has 1 unspecified atom stereocenters. The molecule has 1 aromatic heterocycles. The summed E-state index contributed by atoms with van der Waals surface area (Å²) in [6.07, 6.45) is 0. The lowest BCUT2D eigenvalue weighted by molar-refractivity contribution is -0.0437. The first kappa shape index (κ1) is 16.5. The molecule has 3 aromatic carbocycles. The molecule has 5 nitrogen and oxygen atoms in total. The Labute approximate surface area is 147 Å². The molecule has 1 heterocycles. The van der Waals surface area contributed by atoms with Crippen molar-refractivity contribution in [3.8, 4) is 11.4 Å². The summed E-state index contributed by atoms with van der Waals surface area (Å²) in [7, 11) is 0. The standard InChI is InChI=1S/C17H10F3N3O2S/c18-17(19,20)26(24)25-15-10-9-11-5-1-2-6-12(11)16(15)23-21-13-7-3-4-8-14(13)22-23/h1-10H. The van der Waals surface area contributed by atoms with Crippen molar-refractivity contribution in [3.05, 3.63) is 60.7 Å². The summed E-state index contributed by atoms with van der Waals surface area (Å²) in [6, 6.07) is 17.0. The second-order valence-electron chi connectivity index (χ2n) is 5.38. The van der Waals surface area contributed by atoms with Crippen molar-refractivity contribution in [1.29, 1.82) is 0 Å². The predicted octanol–water partition coefficient (Wildman–Crippen LogP) is 4.14. The van der Waals surface area contributed by atoms with Crippen molar-refractivity contribution in [2.45, 2.75) is 5.51 Å². The fourth-order valence-electron chi connectivity index (χ4n) is 2.60. The van der Waals surface area contributed by atoms with Crippen LogP contribution in [0.1, 0.15) is 0 Å². The van der Waals surface area contributed by atoms with E-state index in [1.807, 2.05) is 0 Å². The van der Waals surface area contributed by atoms with Gasteiger partial charge in [-0.15, -0.1) is 15.0 Å². The highest BCUT2D eigenvalue weighted by atomic mass is 32.2. The Balaban J connectivity index is 1.95. The molecule has 0 bridgehead atoms. The fraction of sp³-hybridized carbons (Fsp3) is 0.0588. The Hall–Kier alpha value is -2.94. The van der Waals surface area contributed by atoms with Crippen molar-refractivity contribution < 1.29 is 21.6 Å². The molecule has 0 radical (unpaired) electrons. The van der Waals surface area contributed by atoms with Crippen LogP contribution in [0.25, 0.3) is 27.5 Å². The van der Waals surface area contributed by atoms with Crippen LogP contribution < -0.4 is 4.18 Å². The van der Waals surface area contributed by atoms with Crippen molar-refractivity contribution >= 4 is 32.9 Å². The van der Waals surface area contributed by atoms with Crippen molar-refractivity contribution in [2.24, 2.45) is 0 Å². The summed E-state index contributed by atoms with van der Waals surface area (Å²) >= 11 is -3.50. The molecule has 0 N–H and O–H groups in total. The SMILES string of the molecule is O=S(Oc1ccc2ccccc2c1-n1nc2ccccc2n1)C(F)(F)F. The summed E-state index contributed by atoms with van der Waals surface area (Å²) in [5.74, 6) is -0.223. The lowest BCUT2D eigenvalue weighted by atomic mass is 10.1. The van der Waals surface area contributed by atoms with E-state index < -0.39 is 16.6 Å². The summed E-state index contributed by atoms with van der Waals surface area (Å²) in [5, 5.41) is 9.95. The highest BCUT2D eigenvalue weighted by Gasteiger charge is 2.40. The molecule has 1 atom stereocenters. The molecular formula is C17H10F3N3O2S. The summed E-state index contributed by atoms with van der Waals surface area (Å²) in [5.41, 5.74) is -3.66. The van der Waals surface area contributed by atoms with Gasteiger partial charge >= 0.3 is 16.6 Å². The van der Waals surface area contributed by atoms with E-state index in [2.05, 4.69) is 10.2 Å². The first-order valence-corrected chi connectivity index (χ1v) is 8.52. The summed E-state index contributed by atoms with van der Waals surface area (Å²) in [4.78, 5) is 1.20. The van der Waals surface area contributed by atoms with E-state index in [9.17, 15) is 17.4 Å². The number of aromatic nitrogens is 3. The Kier molecular flexibility index (Phi) is 3.87. The van der Waals surface area contributed by atoms with Gasteiger partial charge in [0.15, 0.2) is 5.75 Å². The second-order valence-corrected chi connectivity index (χ2v) is 6.47. The normalized spacial score (nSPS) is 13.2. The van der Waals surface area contributed by atoms with Crippen molar-refractivity contribution in [1.82, 2.24) is 15.0 Å². The molecule has 9 heteroatoms. The second kappa shape index (κ2) is 6.10. The predicted molar refractivity (Wildman–Crippen MR) is 91.2 cm³/mol. The topological polar surface area (TPSA) is 57.0 Å². The van der Waals surface area contributed by atoms with Gasteiger partial charge in [0.05, 0.1) is 0 Å². The first-order chi connectivity index (χ1) is 12.4. The molecule has 0 aliphatic rings. The zero-order chi connectivity index (χ0) is 18.3. The molecule has 0 fully saturated rings. The summed E-state index contributed by atoms with van der Waals surface area (Å²) in [6.45, 7) is 0. The van der Waals surface area contributed by atoms with Gasteiger partial charge < -0.3 is 4.18 Å². The highest BCUT2D eigenvalue weighted by Crippen LogP contribution is 2.34. The molecule has 132 valence electrons. The van der Waals surface area contributed by atoms with Gasteiger partial charge in [-0.3, -0.25) is 0 Å². The van der Waals surface area contributed by atoms with Gasteiger partial charge in [-0.2, -0.15) is 13.2 Å². The number of fused-ring (bicyclic) bond motifs is 2. The van der Waals surface area contributed by atoms with Crippen LogP contribution in [0.4, 0.5) is 13.2 Å². The van der Waals surface area contributed by atoms with Gasteiger partial charge in [-0.1, -0.05) is 42.5 Å². The first-order valence-electron chi connectivity index (χ1n) is 7.44. The number of halogens is 3. The van der Waals surface area contributed by atoms with Crippen LogP contribution in [0, 0.1) is 0 Å².